The average Bonchev–Trinajstić information content (AvgIpc) is 2.69. The minimum absolute atomic E-state index is 0.236. The van der Waals surface area contributed by atoms with Crippen molar-refractivity contribution < 1.29 is 24.9 Å². The van der Waals surface area contributed by atoms with Crippen LogP contribution in [-0.2, 0) is 16.1 Å². The van der Waals surface area contributed by atoms with Gasteiger partial charge in [-0.1, -0.05) is 44.2 Å². The van der Waals surface area contributed by atoms with E-state index in [1.165, 1.54) is 5.56 Å². The first kappa shape index (κ1) is 24.0. The lowest BCUT2D eigenvalue weighted by Gasteiger charge is -2.36. The first-order chi connectivity index (χ1) is 13.3. The molecule has 2 rings (SSSR count). The van der Waals surface area contributed by atoms with Gasteiger partial charge in [-0.05, 0) is 18.7 Å². The second-order valence-corrected chi connectivity index (χ2v) is 6.81. The molecule has 0 radical (unpaired) electrons. The summed E-state index contributed by atoms with van der Waals surface area (Å²) in [6.07, 6.45) is -0.236. The molecule has 1 aliphatic heterocycles. The highest BCUT2D eigenvalue weighted by atomic mass is 16.4. The van der Waals surface area contributed by atoms with E-state index in [9.17, 15) is 5.11 Å². The van der Waals surface area contributed by atoms with Crippen molar-refractivity contribution >= 4 is 11.9 Å². The van der Waals surface area contributed by atoms with Crippen LogP contribution in [0.15, 0.2) is 30.3 Å². The number of hydrogen-bond acceptors (Lipinski definition) is 6. The summed E-state index contributed by atoms with van der Waals surface area (Å²) in [6, 6.07) is 10.7. The summed E-state index contributed by atoms with van der Waals surface area (Å²) in [5.41, 5.74) is 1.39. The number of aliphatic hydroxyl groups is 1. The molecule has 0 bridgehead atoms. The summed E-state index contributed by atoms with van der Waals surface area (Å²) in [7, 11) is 0. The Hall–Kier alpha value is -2.00. The molecule has 0 saturated carbocycles. The van der Waals surface area contributed by atoms with E-state index < -0.39 is 11.9 Å². The van der Waals surface area contributed by atoms with Crippen molar-refractivity contribution in [2.24, 2.45) is 0 Å². The van der Waals surface area contributed by atoms with Crippen LogP contribution in [0.5, 0.6) is 0 Å². The van der Waals surface area contributed by atoms with Crippen LogP contribution in [0.2, 0.25) is 0 Å². The Labute approximate surface area is 167 Å². The standard InChI is InChI=1S/C18H31N3O.C2H2O4/c1-3-19(4-2)15-18(22)16-21-12-10-20(11-13-21)14-17-8-6-5-7-9-17;3-1(4)2(5)6/h5-9,18,22H,3-4,10-16H2,1-2H3;(H,3,4)(H,5,6). The smallest absolute Gasteiger partial charge is 0.414 e. The third kappa shape index (κ3) is 9.80. The summed E-state index contributed by atoms with van der Waals surface area (Å²) in [4.78, 5) is 25.4. The number of hydrogen-bond donors (Lipinski definition) is 3. The number of rotatable bonds is 8. The molecule has 8 heteroatoms. The Balaban J connectivity index is 0.000000568. The van der Waals surface area contributed by atoms with Crippen molar-refractivity contribution in [2.75, 3.05) is 52.4 Å². The molecule has 0 amide bonds. The SMILES string of the molecule is CCN(CC)CC(O)CN1CCN(Cc2ccccc2)CC1.O=C(O)C(=O)O. The average molecular weight is 396 g/mol. The third-order valence-electron chi connectivity index (χ3n) is 4.73. The predicted molar refractivity (Wildman–Crippen MR) is 107 cm³/mol. The van der Waals surface area contributed by atoms with Crippen molar-refractivity contribution in [3.05, 3.63) is 35.9 Å². The minimum atomic E-state index is -1.82. The van der Waals surface area contributed by atoms with Gasteiger partial charge in [0.05, 0.1) is 6.10 Å². The van der Waals surface area contributed by atoms with Gasteiger partial charge in [-0.25, -0.2) is 9.59 Å². The van der Waals surface area contributed by atoms with Gasteiger partial charge < -0.3 is 20.2 Å². The number of carboxylic acids is 2. The fourth-order valence-corrected chi connectivity index (χ4v) is 3.11. The normalized spacial score (nSPS) is 16.3. The first-order valence-corrected chi connectivity index (χ1v) is 9.70. The Morgan fingerprint density at radius 3 is 1.93 bits per heavy atom. The number of carboxylic acid groups (broad SMARTS) is 2. The van der Waals surface area contributed by atoms with Crippen LogP contribution in [0, 0.1) is 0 Å². The maximum atomic E-state index is 10.2. The van der Waals surface area contributed by atoms with E-state index in [0.717, 1.165) is 58.9 Å². The van der Waals surface area contributed by atoms with Crippen LogP contribution < -0.4 is 0 Å². The van der Waals surface area contributed by atoms with Crippen molar-refractivity contribution in [3.63, 3.8) is 0 Å². The number of nitrogens with zero attached hydrogens (tertiary/aromatic N) is 3. The monoisotopic (exact) mass is 395 g/mol. The van der Waals surface area contributed by atoms with Gasteiger partial charge in [0.15, 0.2) is 0 Å². The molecule has 1 saturated heterocycles. The molecule has 3 N–H and O–H groups in total. The molecule has 28 heavy (non-hydrogen) atoms. The molecule has 1 aromatic carbocycles. The second-order valence-electron chi connectivity index (χ2n) is 6.81. The van der Waals surface area contributed by atoms with Crippen LogP contribution in [0.1, 0.15) is 19.4 Å². The van der Waals surface area contributed by atoms with Crippen LogP contribution in [0.25, 0.3) is 0 Å². The number of aliphatic carboxylic acids is 2. The van der Waals surface area contributed by atoms with Crippen LogP contribution in [-0.4, -0.2) is 100 Å². The highest BCUT2D eigenvalue weighted by molar-refractivity contribution is 6.27. The van der Waals surface area contributed by atoms with E-state index in [2.05, 4.69) is 58.9 Å². The van der Waals surface area contributed by atoms with E-state index in [1.54, 1.807) is 0 Å². The number of carbonyl (C=O) groups is 2. The predicted octanol–water partition coefficient (Wildman–Crippen LogP) is 0.663. The Morgan fingerprint density at radius 2 is 1.46 bits per heavy atom. The van der Waals surface area contributed by atoms with Gasteiger partial charge in [-0.3, -0.25) is 9.80 Å². The summed E-state index contributed by atoms with van der Waals surface area (Å²) in [5, 5.41) is 25.0. The van der Waals surface area contributed by atoms with E-state index in [-0.39, 0.29) is 6.10 Å². The number of aliphatic hydroxyl groups excluding tert-OH is 1. The quantitative estimate of drug-likeness (QED) is 0.552. The number of benzene rings is 1. The van der Waals surface area contributed by atoms with E-state index in [4.69, 9.17) is 19.8 Å². The summed E-state index contributed by atoms with van der Waals surface area (Å²) >= 11 is 0. The highest BCUT2D eigenvalue weighted by Crippen LogP contribution is 2.09. The maximum absolute atomic E-state index is 10.2. The molecular weight excluding hydrogens is 362 g/mol. The number of likely N-dealkylation sites (N-methyl/N-ethyl adjacent to an activating group) is 1. The lowest BCUT2D eigenvalue weighted by Crippen LogP contribution is -2.49. The Morgan fingerprint density at radius 1 is 0.964 bits per heavy atom. The summed E-state index contributed by atoms with van der Waals surface area (Å²) in [6.45, 7) is 13.3. The fourth-order valence-electron chi connectivity index (χ4n) is 3.11. The first-order valence-electron chi connectivity index (χ1n) is 9.70. The van der Waals surface area contributed by atoms with Crippen LogP contribution >= 0.6 is 0 Å². The summed E-state index contributed by atoms with van der Waals surface area (Å²) < 4.78 is 0. The second kappa shape index (κ2) is 13.2. The largest absolute Gasteiger partial charge is 0.473 e. The molecular formula is C20H33N3O5. The lowest BCUT2D eigenvalue weighted by atomic mass is 10.2. The third-order valence-corrected chi connectivity index (χ3v) is 4.73. The van der Waals surface area contributed by atoms with Gasteiger partial charge >= 0.3 is 11.9 Å². The number of piperazine rings is 1. The molecule has 0 aromatic heterocycles. The molecule has 1 aliphatic rings. The molecule has 1 fully saturated rings. The molecule has 0 aliphatic carbocycles. The van der Waals surface area contributed by atoms with Crippen molar-refractivity contribution in [3.8, 4) is 0 Å². The Bertz CT molecular complexity index is 560. The molecule has 158 valence electrons. The van der Waals surface area contributed by atoms with Gasteiger partial charge in [-0.2, -0.15) is 0 Å². The molecule has 1 aromatic rings. The van der Waals surface area contributed by atoms with E-state index in [1.807, 2.05) is 0 Å². The fraction of sp³-hybridized carbons (Fsp3) is 0.600. The maximum Gasteiger partial charge on any atom is 0.414 e. The highest BCUT2D eigenvalue weighted by Gasteiger charge is 2.20. The van der Waals surface area contributed by atoms with Crippen molar-refractivity contribution in [1.82, 2.24) is 14.7 Å². The topological polar surface area (TPSA) is 105 Å². The van der Waals surface area contributed by atoms with E-state index in [0.29, 0.717) is 0 Å². The molecule has 1 unspecified atom stereocenters. The zero-order valence-electron chi connectivity index (χ0n) is 16.8. The lowest BCUT2D eigenvalue weighted by molar-refractivity contribution is -0.159. The molecule has 1 heterocycles. The van der Waals surface area contributed by atoms with E-state index >= 15 is 0 Å². The minimum Gasteiger partial charge on any atom is -0.473 e. The zero-order valence-corrected chi connectivity index (χ0v) is 16.8. The van der Waals surface area contributed by atoms with Gasteiger partial charge in [0.25, 0.3) is 0 Å². The van der Waals surface area contributed by atoms with Gasteiger partial charge in [0.2, 0.25) is 0 Å². The van der Waals surface area contributed by atoms with Gasteiger partial charge in [-0.15, -0.1) is 0 Å². The van der Waals surface area contributed by atoms with Crippen LogP contribution in [0.3, 0.4) is 0 Å². The Kier molecular flexibility index (Phi) is 11.4. The summed E-state index contributed by atoms with van der Waals surface area (Å²) in [5.74, 6) is -3.65. The van der Waals surface area contributed by atoms with Gasteiger partial charge in [0.1, 0.15) is 0 Å². The van der Waals surface area contributed by atoms with Crippen molar-refractivity contribution in [2.45, 2.75) is 26.5 Å². The molecule has 1 atom stereocenters. The number of β-amino-alcohol motifs (C(OH)–C–C–N with tert-alkyl or cyclic N) is 1. The van der Waals surface area contributed by atoms with Crippen LogP contribution in [0.4, 0.5) is 0 Å². The zero-order chi connectivity index (χ0) is 20.9. The molecule has 8 nitrogen and oxygen atoms in total. The van der Waals surface area contributed by atoms with Crippen molar-refractivity contribution in [1.29, 1.82) is 0 Å². The molecule has 0 spiro atoms. The van der Waals surface area contributed by atoms with Gasteiger partial charge in [0, 0.05) is 45.8 Å².